The van der Waals surface area contributed by atoms with Gasteiger partial charge in [-0.1, -0.05) is 20.3 Å². The van der Waals surface area contributed by atoms with Crippen molar-refractivity contribution in [1.82, 2.24) is 0 Å². The second-order valence-electron chi connectivity index (χ2n) is 3.36. The molecule has 80 valence electrons. The maximum atomic E-state index is 6.03. The molecule has 0 saturated heterocycles. The Labute approximate surface area is 83.5 Å². The van der Waals surface area contributed by atoms with E-state index in [2.05, 4.69) is 13.8 Å². The summed E-state index contributed by atoms with van der Waals surface area (Å²) >= 11 is 0. The van der Waals surface area contributed by atoms with Crippen LogP contribution in [0.1, 0.15) is 33.1 Å². The Morgan fingerprint density at radius 2 is 1.77 bits per heavy atom. The first-order valence-corrected chi connectivity index (χ1v) is 6.63. The van der Waals surface area contributed by atoms with Crippen LogP contribution >= 0.6 is 0 Å². The monoisotopic (exact) mass is 205 g/mol. The molecular weight excluding hydrogens is 182 g/mol. The van der Waals surface area contributed by atoms with Crippen molar-refractivity contribution in [3.05, 3.63) is 0 Å². The van der Waals surface area contributed by atoms with Gasteiger partial charge in [-0.05, 0) is 12.8 Å². The third kappa shape index (κ3) is 4.22. The van der Waals surface area contributed by atoms with Crippen LogP contribution in [0.2, 0.25) is 5.54 Å². The smallest absolute Gasteiger partial charge is 0.325 e. The maximum Gasteiger partial charge on any atom is 0.325 e. The molecule has 0 aliphatic rings. The quantitative estimate of drug-likeness (QED) is 0.639. The summed E-state index contributed by atoms with van der Waals surface area (Å²) in [6, 6.07) is 0.233. The molecule has 0 aliphatic carbocycles. The summed E-state index contributed by atoms with van der Waals surface area (Å²) in [5.41, 5.74) is 6.48. The van der Waals surface area contributed by atoms with Crippen LogP contribution < -0.4 is 5.73 Å². The first-order chi connectivity index (χ1) is 6.21. The molecule has 3 nitrogen and oxygen atoms in total. The highest BCUT2D eigenvalue weighted by molar-refractivity contribution is 6.46. The molecule has 0 heterocycles. The summed E-state index contributed by atoms with van der Waals surface area (Å²) < 4.78 is 10.7. The zero-order chi connectivity index (χ0) is 10.3. The number of rotatable bonds is 7. The lowest BCUT2D eigenvalue weighted by Gasteiger charge is -2.27. The van der Waals surface area contributed by atoms with Gasteiger partial charge in [0.15, 0.2) is 0 Å². The summed E-state index contributed by atoms with van der Waals surface area (Å²) in [7, 11) is 1.93. The molecule has 0 aromatic carbocycles. The van der Waals surface area contributed by atoms with Gasteiger partial charge in [0.1, 0.15) is 0 Å². The zero-order valence-corrected chi connectivity index (χ0v) is 10.4. The second-order valence-corrected chi connectivity index (χ2v) is 5.90. The zero-order valence-electron chi connectivity index (χ0n) is 9.25. The first kappa shape index (κ1) is 13.1. The molecule has 0 fully saturated rings. The van der Waals surface area contributed by atoms with Gasteiger partial charge in [-0.25, -0.2) is 0 Å². The van der Waals surface area contributed by atoms with Gasteiger partial charge in [-0.2, -0.15) is 0 Å². The molecule has 2 atom stereocenters. The van der Waals surface area contributed by atoms with Gasteiger partial charge in [0, 0.05) is 25.8 Å². The Kier molecular flexibility index (Phi) is 7.55. The van der Waals surface area contributed by atoms with Crippen LogP contribution in [0.4, 0.5) is 0 Å². The summed E-state index contributed by atoms with van der Waals surface area (Å²) in [6.07, 6.45) is 3.27. The molecular formula is C9H23NO2Si. The van der Waals surface area contributed by atoms with Crippen LogP contribution in [0.15, 0.2) is 0 Å². The standard InChI is InChI=1S/C9H23NO2Si/c1-5-7-9(8(10)6-2)13(11-3)12-4/h8-9,13H,5-7,10H2,1-4H3. The van der Waals surface area contributed by atoms with E-state index >= 15 is 0 Å². The number of hydrogen-bond acceptors (Lipinski definition) is 3. The van der Waals surface area contributed by atoms with Gasteiger partial charge in [-0.3, -0.25) is 0 Å². The summed E-state index contributed by atoms with van der Waals surface area (Å²) in [4.78, 5) is 0. The molecule has 0 aromatic heterocycles. The van der Waals surface area contributed by atoms with E-state index in [1.165, 1.54) is 0 Å². The van der Waals surface area contributed by atoms with Gasteiger partial charge in [0.05, 0.1) is 0 Å². The number of nitrogens with two attached hydrogens (primary N) is 1. The van der Waals surface area contributed by atoms with Gasteiger partial charge in [-0.15, -0.1) is 0 Å². The highest BCUT2D eigenvalue weighted by atomic mass is 28.3. The fourth-order valence-electron chi connectivity index (χ4n) is 1.63. The van der Waals surface area contributed by atoms with Crippen LogP contribution in [0.25, 0.3) is 0 Å². The minimum Gasteiger partial charge on any atom is -0.400 e. The molecule has 0 amide bonds. The Morgan fingerprint density at radius 1 is 1.23 bits per heavy atom. The Morgan fingerprint density at radius 3 is 2.08 bits per heavy atom. The van der Waals surface area contributed by atoms with Gasteiger partial charge < -0.3 is 14.6 Å². The van der Waals surface area contributed by atoms with Gasteiger partial charge in [0.25, 0.3) is 0 Å². The molecule has 2 unspecified atom stereocenters. The summed E-state index contributed by atoms with van der Waals surface area (Å²) in [6.45, 7) is 4.29. The van der Waals surface area contributed by atoms with Crippen LogP contribution in [-0.4, -0.2) is 29.5 Å². The van der Waals surface area contributed by atoms with Crippen LogP contribution in [0.5, 0.6) is 0 Å². The van der Waals surface area contributed by atoms with E-state index in [0.717, 1.165) is 19.3 Å². The van der Waals surface area contributed by atoms with Crippen molar-refractivity contribution in [2.75, 3.05) is 14.2 Å². The van der Waals surface area contributed by atoms with E-state index < -0.39 is 9.28 Å². The molecule has 2 N–H and O–H groups in total. The lowest BCUT2D eigenvalue weighted by molar-refractivity contribution is 0.254. The molecule has 0 aromatic rings. The van der Waals surface area contributed by atoms with Crippen molar-refractivity contribution >= 4 is 9.28 Å². The number of hydrogen-bond donors (Lipinski definition) is 1. The predicted molar refractivity (Wildman–Crippen MR) is 58.1 cm³/mol. The molecule has 0 spiro atoms. The van der Waals surface area contributed by atoms with E-state index in [-0.39, 0.29) is 6.04 Å². The third-order valence-corrected chi connectivity index (χ3v) is 4.91. The minimum atomic E-state index is -1.53. The van der Waals surface area contributed by atoms with Crippen molar-refractivity contribution < 1.29 is 8.85 Å². The van der Waals surface area contributed by atoms with Crippen molar-refractivity contribution in [2.45, 2.75) is 44.7 Å². The Hall–Kier alpha value is 0.0969. The predicted octanol–water partition coefficient (Wildman–Crippen LogP) is 1.41. The molecule has 0 rings (SSSR count). The fourth-order valence-corrected chi connectivity index (χ4v) is 3.81. The van der Waals surface area contributed by atoms with Crippen molar-refractivity contribution in [3.63, 3.8) is 0 Å². The fraction of sp³-hybridized carbons (Fsp3) is 1.00. The minimum absolute atomic E-state index is 0.233. The molecule has 0 saturated carbocycles. The highest BCUT2D eigenvalue weighted by Gasteiger charge is 2.28. The van der Waals surface area contributed by atoms with Crippen molar-refractivity contribution in [2.24, 2.45) is 5.73 Å². The van der Waals surface area contributed by atoms with Gasteiger partial charge in [0.2, 0.25) is 0 Å². The molecule has 0 radical (unpaired) electrons. The first-order valence-electron chi connectivity index (χ1n) is 5.02. The average Bonchev–Trinajstić information content (AvgIpc) is 2.17. The van der Waals surface area contributed by atoms with E-state index in [9.17, 15) is 0 Å². The van der Waals surface area contributed by atoms with Crippen LogP contribution in [-0.2, 0) is 8.85 Å². The lowest BCUT2D eigenvalue weighted by Crippen LogP contribution is -2.38. The Balaban J connectivity index is 4.19. The molecule has 13 heavy (non-hydrogen) atoms. The van der Waals surface area contributed by atoms with Crippen LogP contribution in [0.3, 0.4) is 0 Å². The van der Waals surface area contributed by atoms with E-state index in [4.69, 9.17) is 14.6 Å². The molecule has 4 heteroatoms. The van der Waals surface area contributed by atoms with E-state index in [1.807, 2.05) is 0 Å². The molecule has 0 aliphatic heterocycles. The maximum absolute atomic E-state index is 6.03. The SMILES string of the molecule is CCCC(C(N)CC)[SiH](OC)OC. The topological polar surface area (TPSA) is 44.5 Å². The summed E-state index contributed by atoms with van der Waals surface area (Å²) in [5, 5.41) is 0. The molecule has 0 bridgehead atoms. The summed E-state index contributed by atoms with van der Waals surface area (Å²) in [5.74, 6) is 0. The van der Waals surface area contributed by atoms with Gasteiger partial charge >= 0.3 is 9.28 Å². The largest absolute Gasteiger partial charge is 0.400 e. The van der Waals surface area contributed by atoms with Crippen molar-refractivity contribution in [3.8, 4) is 0 Å². The lowest BCUT2D eigenvalue weighted by atomic mass is 10.1. The second kappa shape index (κ2) is 7.50. The third-order valence-electron chi connectivity index (χ3n) is 2.46. The Bertz CT molecular complexity index is 120. The van der Waals surface area contributed by atoms with Crippen molar-refractivity contribution in [1.29, 1.82) is 0 Å². The van der Waals surface area contributed by atoms with E-state index in [0.29, 0.717) is 5.54 Å². The highest BCUT2D eigenvalue weighted by Crippen LogP contribution is 2.23. The normalized spacial score (nSPS) is 16.2. The average molecular weight is 205 g/mol. The van der Waals surface area contributed by atoms with Crippen LogP contribution in [0, 0.1) is 0 Å². The van der Waals surface area contributed by atoms with E-state index in [1.54, 1.807) is 14.2 Å².